The maximum Gasteiger partial charge on any atom is 0.242 e. The Morgan fingerprint density at radius 2 is 2.06 bits per heavy atom. The summed E-state index contributed by atoms with van der Waals surface area (Å²) in [6, 6.07) is 4.03. The second kappa shape index (κ2) is 6.01. The Balaban J connectivity index is 3.06. The Bertz CT molecular complexity index is 517. The molecule has 1 rings (SSSR count). The van der Waals surface area contributed by atoms with Gasteiger partial charge in [-0.25, -0.2) is 13.1 Å². The molecule has 1 aromatic carbocycles. The van der Waals surface area contributed by atoms with E-state index >= 15 is 0 Å². The summed E-state index contributed by atoms with van der Waals surface area (Å²) in [5.74, 6) is -0.0125. The smallest absolute Gasteiger partial charge is 0.242 e. The molecule has 18 heavy (non-hydrogen) atoms. The van der Waals surface area contributed by atoms with E-state index in [0.29, 0.717) is 4.47 Å². The lowest BCUT2D eigenvalue weighted by atomic mass is 10.1. The van der Waals surface area contributed by atoms with Crippen LogP contribution in [0.4, 0.5) is 5.69 Å². The van der Waals surface area contributed by atoms with Gasteiger partial charge in [0.1, 0.15) is 4.90 Å². The molecular formula is C11H17BrN2O3S. The molecule has 0 saturated carbocycles. The molecule has 0 amide bonds. The van der Waals surface area contributed by atoms with Crippen molar-refractivity contribution in [2.24, 2.45) is 5.92 Å². The number of nitrogens with two attached hydrogens (primary N) is 1. The van der Waals surface area contributed by atoms with Crippen LogP contribution in [0.15, 0.2) is 27.6 Å². The van der Waals surface area contributed by atoms with Crippen molar-refractivity contribution in [1.29, 1.82) is 0 Å². The minimum absolute atomic E-state index is 0.0125. The van der Waals surface area contributed by atoms with Crippen molar-refractivity contribution < 1.29 is 13.5 Å². The van der Waals surface area contributed by atoms with Crippen LogP contribution in [0.25, 0.3) is 0 Å². The van der Waals surface area contributed by atoms with E-state index in [1.54, 1.807) is 6.07 Å². The fraction of sp³-hybridized carbons (Fsp3) is 0.455. The average molecular weight is 337 g/mol. The minimum Gasteiger partial charge on any atom is -0.398 e. The largest absolute Gasteiger partial charge is 0.398 e. The molecule has 4 N–H and O–H groups in total. The number of rotatable bonds is 5. The fourth-order valence-electron chi connectivity index (χ4n) is 1.41. The number of halogens is 1. The molecule has 0 aromatic heterocycles. The van der Waals surface area contributed by atoms with Gasteiger partial charge in [0.15, 0.2) is 0 Å². The van der Waals surface area contributed by atoms with Gasteiger partial charge < -0.3 is 10.8 Å². The van der Waals surface area contributed by atoms with Gasteiger partial charge in [0.2, 0.25) is 10.0 Å². The molecule has 0 heterocycles. The van der Waals surface area contributed by atoms with Gasteiger partial charge in [0.25, 0.3) is 0 Å². The molecule has 0 fully saturated rings. The van der Waals surface area contributed by atoms with Crippen molar-refractivity contribution in [2.75, 3.05) is 12.3 Å². The minimum atomic E-state index is -3.72. The van der Waals surface area contributed by atoms with E-state index in [2.05, 4.69) is 20.7 Å². The van der Waals surface area contributed by atoms with E-state index < -0.39 is 16.1 Å². The number of sulfonamides is 1. The number of nitrogens with one attached hydrogen (secondary N) is 1. The van der Waals surface area contributed by atoms with Gasteiger partial charge in [0, 0.05) is 10.5 Å². The summed E-state index contributed by atoms with van der Waals surface area (Å²) in [6.45, 7) is 3.40. The van der Waals surface area contributed by atoms with Crippen LogP contribution in [0.3, 0.4) is 0 Å². The number of aliphatic hydroxyl groups excluding tert-OH is 1. The predicted molar refractivity (Wildman–Crippen MR) is 74.6 cm³/mol. The van der Waals surface area contributed by atoms with Crippen LogP contribution in [0.1, 0.15) is 13.8 Å². The lowest BCUT2D eigenvalue weighted by Crippen LogP contribution is -2.41. The molecule has 5 nitrogen and oxygen atoms in total. The third kappa shape index (κ3) is 3.68. The number of anilines is 1. The monoisotopic (exact) mass is 336 g/mol. The molecule has 0 unspecified atom stereocenters. The van der Waals surface area contributed by atoms with E-state index in [1.807, 2.05) is 13.8 Å². The third-order valence-electron chi connectivity index (χ3n) is 2.57. The quantitative estimate of drug-likeness (QED) is 0.707. The second-order valence-corrected chi connectivity index (χ2v) is 6.93. The van der Waals surface area contributed by atoms with Crippen molar-refractivity contribution in [1.82, 2.24) is 4.72 Å². The van der Waals surface area contributed by atoms with E-state index in [1.165, 1.54) is 12.1 Å². The first-order chi connectivity index (χ1) is 8.27. The first-order valence-corrected chi connectivity index (χ1v) is 7.73. The standard InChI is InChI=1S/C11H17BrN2O3S/c1-7(2)10(6-15)14-18(16,17)11-4-3-8(12)5-9(11)13/h3-5,7,10,14-15H,6,13H2,1-2H3/t10-/m1/s1. The maximum absolute atomic E-state index is 12.1. The zero-order valence-electron chi connectivity index (χ0n) is 10.2. The zero-order chi connectivity index (χ0) is 13.9. The zero-order valence-corrected chi connectivity index (χ0v) is 12.6. The molecule has 102 valence electrons. The van der Waals surface area contributed by atoms with Crippen LogP contribution < -0.4 is 10.5 Å². The Hall–Kier alpha value is -0.630. The van der Waals surface area contributed by atoms with Gasteiger partial charge in [-0.2, -0.15) is 0 Å². The summed E-state index contributed by atoms with van der Waals surface area (Å²) in [6.07, 6.45) is 0. The van der Waals surface area contributed by atoms with Crippen LogP contribution in [-0.2, 0) is 10.0 Å². The highest BCUT2D eigenvalue weighted by Crippen LogP contribution is 2.23. The van der Waals surface area contributed by atoms with Crippen LogP contribution in [0.5, 0.6) is 0 Å². The lowest BCUT2D eigenvalue weighted by molar-refractivity contribution is 0.227. The van der Waals surface area contributed by atoms with Gasteiger partial charge in [0.05, 0.1) is 12.3 Å². The molecule has 1 atom stereocenters. The third-order valence-corrected chi connectivity index (χ3v) is 4.63. The van der Waals surface area contributed by atoms with Crippen LogP contribution >= 0.6 is 15.9 Å². The normalized spacial score (nSPS) is 13.8. The number of nitrogen functional groups attached to an aromatic ring is 1. The van der Waals surface area contributed by atoms with E-state index in [0.717, 1.165) is 0 Å². The summed E-state index contributed by atoms with van der Waals surface area (Å²) in [4.78, 5) is 0.0183. The Labute approximate surface area is 116 Å². The molecule has 0 radical (unpaired) electrons. The van der Waals surface area contributed by atoms with Crippen molar-refractivity contribution in [3.8, 4) is 0 Å². The summed E-state index contributed by atoms with van der Waals surface area (Å²) in [5.41, 5.74) is 5.85. The Morgan fingerprint density at radius 1 is 1.44 bits per heavy atom. The fourth-order valence-corrected chi connectivity index (χ4v) is 3.28. The number of benzene rings is 1. The van der Waals surface area contributed by atoms with Crippen molar-refractivity contribution >= 4 is 31.6 Å². The molecule has 0 aliphatic rings. The molecule has 0 bridgehead atoms. The van der Waals surface area contributed by atoms with Gasteiger partial charge >= 0.3 is 0 Å². The van der Waals surface area contributed by atoms with Gasteiger partial charge in [-0.15, -0.1) is 0 Å². The second-order valence-electron chi connectivity index (χ2n) is 4.34. The number of aliphatic hydroxyl groups is 1. The molecule has 7 heteroatoms. The molecule has 0 saturated heterocycles. The van der Waals surface area contributed by atoms with Crippen LogP contribution in [-0.4, -0.2) is 26.2 Å². The topological polar surface area (TPSA) is 92.4 Å². The first kappa shape index (κ1) is 15.4. The number of hydrogen-bond donors (Lipinski definition) is 3. The van der Waals surface area contributed by atoms with Gasteiger partial charge in [-0.1, -0.05) is 29.8 Å². The predicted octanol–water partition coefficient (Wildman–Crippen LogP) is 1.33. The molecule has 0 aliphatic heterocycles. The maximum atomic E-state index is 12.1. The highest BCUT2D eigenvalue weighted by Gasteiger charge is 2.23. The van der Waals surface area contributed by atoms with Crippen molar-refractivity contribution in [3.63, 3.8) is 0 Å². The number of hydrogen-bond acceptors (Lipinski definition) is 4. The van der Waals surface area contributed by atoms with Crippen molar-refractivity contribution in [2.45, 2.75) is 24.8 Å². The molecule has 0 aliphatic carbocycles. The SMILES string of the molecule is CC(C)[C@@H](CO)NS(=O)(=O)c1ccc(Br)cc1N. The summed E-state index contributed by atoms with van der Waals surface area (Å²) >= 11 is 3.22. The van der Waals surface area contributed by atoms with Crippen LogP contribution in [0.2, 0.25) is 0 Å². The molecule has 0 spiro atoms. The molecular weight excluding hydrogens is 320 g/mol. The lowest BCUT2D eigenvalue weighted by Gasteiger charge is -2.20. The van der Waals surface area contributed by atoms with Crippen LogP contribution in [0, 0.1) is 5.92 Å². The van der Waals surface area contributed by atoms with Crippen molar-refractivity contribution in [3.05, 3.63) is 22.7 Å². The molecule has 1 aromatic rings. The first-order valence-electron chi connectivity index (χ1n) is 5.46. The van der Waals surface area contributed by atoms with E-state index in [-0.39, 0.29) is 23.1 Å². The highest BCUT2D eigenvalue weighted by molar-refractivity contribution is 9.10. The summed E-state index contributed by atoms with van der Waals surface area (Å²) in [7, 11) is -3.72. The Morgan fingerprint density at radius 3 is 2.50 bits per heavy atom. The highest BCUT2D eigenvalue weighted by atomic mass is 79.9. The van der Waals surface area contributed by atoms with E-state index in [4.69, 9.17) is 10.8 Å². The van der Waals surface area contributed by atoms with Gasteiger partial charge in [-0.3, -0.25) is 0 Å². The van der Waals surface area contributed by atoms with E-state index in [9.17, 15) is 8.42 Å². The summed E-state index contributed by atoms with van der Waals surface area (Å²) < 4.78 is 27.4. The van der Waals surface area contributed by atoms with Gasteiger partial charge in [-0.05, 0) is 24.1 Å². The summed E-state index contributed by atoms with van der Waals surface area (Å²) in [5, 5.41) is 9.15. The average Bonchev–Trinajstić information content (AvgIpc) is 2.24. The Kier molecular flexibility index (Phi) is 5.15.